The standard InChI is InChI=1S/C17H19N7O2/c1-22-16-13(10-19-22)17(21-15(20-16)12-3-2-4-18-9-12)24-7-5-23(6-8-24)11-14(25)26/h2-4,9-10H,5-8,11H2,1H3,(H,25,26). The summed E-state index contributed by atoms with van der Waals surface area (Å²) in [6.45, 7) is 2.85. The minimum absolute atomic E-state index is 0.0703. The van der Waals surface area contributed by atoms with Gasteiger partial charge in [0.2, 0.25) is 0 Å². The molecule has 0 amide bonds. The molecule has 0 bridgehead atoms. The molecule has 4 heterocycles. The summed E-state index contributed by atoms with van der Waals surface area (Å²) in [5.74, 6) is 0.642. The number of aliphatic carboxylic acids is 1. The molecule has 0 aromatic carbocycles. The van der Waals surface area contributed by atoms with Gasteiger partial charge in [0.1, 0.15) is 5.82 Å². The number of aryl methyl sites for hydroxylation is 1. The number of hydrogen-bond donors (Lipinski definition) is 1. The molecule has 1 aliphatic heterocycles. The Bertz CT molecular complexity index is 933. The number of aromatic nitrogens is 5. The fourth-order valence-electron chi connectivity index (χ4n) is 3.18. The molecule has 1 aliphatic rings. The van der Waals surface area contributed by atoms with E-state index in [2.05, 4.69) is 20.0 Å². The van der Waals surface area contributed by atoms with Gasteiger partial charge in [0.05, 0.1) is 18.1 Å². The highest BCUT2D eigenvalue weighted by molar-refractivity contribution is 5.88. The van der Waals surface area contributed by atoms with Gasteiger partial charge in [0.15, 0.2) is 11.5 Å². The SMILES string of the molecule is Cn1ncc2c(N3CCN(CC(=O)O)CC3)nc(-c3cccnc3)nc21. The van der Waals surface area contributed by atoms with Crippen molar-refractivity contribution in [1.82, 2.24) is 29.6 Å². The predicted molar refractivity (Wildman–Crippen MR) is 95.8 cm³/mol. The average molecular weight is 353 g/mol. The van der Waals surface area contributed by atoms with E-state index < -0.39 is 5.97 Å². The quantitative estimate of drug-likeness (QED) is 0.729. The number of nitrogens with zero attached hydrogens (tertiary/aromatic N) is 7. The summed E-state index contributed by atoms with van der Waals surface area (Å²) in [4.78, 5) is 28.6. The van der Waals surface area contributed by atoms with Crippen molar-refractivity contribution in [3.05, 3.63) is 30.7 Å². The minimum Gasteiger partial charge on any atom is -0.480 e. The molecule has 1 saturated heterocycles. The lowest BCUT2D eigenvalue weighted by atomic mass is 10.2. The van der Waals surface area contributed by atoms with Crippen molar-refractivity contribution in [3.8, 4) is 11.4 Å². The maximum Gasteiger partial charge on any atom is 0.317 e. The van der Waals surface area contributed by atoms with Gasteiger partial charge in [0.25, 0.3) is 0 Å². The Morgan fingerprint density at radius 1 is 1.19 bits per heavy atom. The molecule has 0 aliphatic carbocycles. The van der Waals surface area contributed by atoms with Crippen molar-refractivity contribution in [2.24, 2.45) is 7.05 Å². The van der Waals surface area contributed by atoms with Crippen LogP contribution >= 0.6 is 0 Å². The van der Waals surface area contributed by atoms with E-state index in [1.807, 2.05) is 24.1 Å². The van der Waals surface area contributed by atoms with Gasteiger partial charge in [-0.1, -0.05) is 0 Å². The summed E-state index contributed by atoms with van der Waals surface area (Å²) in [6.07, 6.45) is 5.24. The van der Waals surface area contributed by atoms with Crippen LogP contribution in [-0.4, -0.2) is 73.4 Å². The Morgan fingerprint density at radius 3 is 2.69 bits per heavy atom. The molecule has 4 rings (SSSR count). The monoisotopic (exact) mass is 353 g/mol. The van der Waals surface area contributed by atoms with Crippen molar-refractivity contribution < 1.29 is 9.90 Å². The number of carbonyl (C=O) groups is 1. The zero-order valence-corrected chi connectivity index (χ0v) is 14.4. The molecule has 0 atom stereocenters. The second-order valence-electron chi connectivity index (χ2n) is 6.27. The first-order chi connectivity index (χ1) is 12.6. The van der Waals surface area contributed by atoms with Gasteiger partial charge < -0.3 is 10.0 Å². The van der Waals surface area contributed by atoms with Gasteiger partial charge in [-0.25, -0.2) is 9.97 Å². The van der Waals surface area contributed by atoms with Crippen LogP contribution in [0, 0.1) is 0 Å². The average Bonchev–Trinajstić information content (AvgIpc) is 3.03. The predicted octanol–water partition coefficient (Wildman–Crippen LogP) is 0.632. The Labute approximate surface area is 149 Å². The number of carboxylic acids is 1. The van der Waals surface area contributed by atoms with Crippen molar-refractivity contribution in [2.45, 2.75) is 0 Å². The van der Waals surface area contributed by atoms with E-state index in [4.69, 9.17) is 10.1 Å². The minimum atomic E-state index is -0.797. The summed E-state index contributed by atoms with van der Waals surface area (Å²) in [6, 6.07) is 3.79. The van der Waals surface area contributed by atoms with Crippen LogP contribution in [0.2, 0.25) is 0 Å². The highest BCUT2D eigenvalue weighted by atomic mass is 16.4. The molecule has 0 radical (unpaired) electrons. The van der Waals surface area contributed by atoms with Crippen molar-refractivity contribution in [1.29, 1.82) is 0 Å². The smallest absolute Gasteiger partial charge is 0.317 e. The van der Waals surface area contributed by atoms with Gasteiger partial charge in [-0.15, -0.1) is 0 Å². The van der Waals surface area contributed by atoms with Crippen LogP contribution in [0.25, 0.3) is 22.4 Å². The summed E-state index contributed by atoms with van der Waals surface area (Å²) in [5.41, 5.74) is 1.61. The molecule has 0 unspecified atom stereocenters. The van der Waals surface area contributed by atoms with Crippen LogP contribution in [0.5, 0.6) is 0 Å². The van der Waals surface area contributed by atoms with Crippen LogP contribution in [-0.2, 0) is 11.8 Å². The second kappa shape index (κ2) is 6.68. The summed E-state index contributed by atoms with van der Waals surface area (Å²) in [5, 5.41) is 14.2. The summed E-state index contributed by atoms with van der Waals surface area (Å²) >= 11 is 0. The molecule has 0 spiro atoms. The summed E-state index contributed by atoms with van der Waals surface area (Å²) in [7, 11) is 1.86. The van der Waals surface area contributed by atoms with E-state index in [-0.39, 0.29) is 6.54 Å². The lowest BCUT2D eigenvalue weighted by molar-refractivity contribution is -0.138. The van der Waals surface area contributed by atoms with Crippen molar-refractivity contribution in [2.75, 3.05) is 37.6 Å². The third-order valence-corrected chi connectivity index (χ3v) is 4.52. The molecular weight excluding hydrogens is 334 g/mol. The molecule has 3 aromatic rings. The topological polar surface area (TPSA) is 100 Å². The van der Waals surface area contributed by atoms with Crippen LogP contribution in [0.4, 0.5) is 5.82 Å². The largest absolute Gasteiger partial charge is 0.480 e. The van der Waals surface area contributed by atoms with E-state index >= 15 is 0 Å². The first-order valence-electron chi connectivity index (χ1n) is 8.41. The zero-order valence-electron chi connectivity index (χ0n) is 14.4. The third kappa shape index (κ3) is 3.08. The lowest BCUT2D eigenvalue weighted by Gasteiger charge is -2.34. The zero-order chi connectivity index (χ0) is 18.1. The van der Waals surface area contributed by atoms with Gasteiger partial charge in [-0.3, -0.25) is 19.4 Å². The van der Waals surface area contributed by atoms with Gasteiger partial charge >= 0.3 is 5.97 Å². The number of fused-ring (bicyclic) bond motifs is 1. The number of carboxylic acid groups (broad SMARTS) is 1. The van der Waals surface area contributed by atoms with E-state index in [0.29, 0.717) is 32.0 Å². The van der Waals surface area contributed by atoms with E-state index in [1.165, 1.54) is 0 Å². The van der Waals surface area contributed by atoms with Gasteiger partial charge in [-0.05, 0) is 12.1 Å². The maximum atomic E-state index is 10.9. The van der Waals surface area contributed by atoms with Crippen molar-refractivity contribution in [3.63, 3.8) is 0 Å². The highest BCUT2D eigenvalue weighted by Gasteiger charge is 2.23. The third-order valence-electron chi connectivity index (χ3n) is 4.52. The number of hydrogen-bond acceptors (Lipinski definition) is 7. The molecular formula is C17H19N7O2. The Kier molecular flexibility index (Phi) is 4.21. The van der Waals surface area contributed by atoms with Gasteiger partial charge in [-0.2, -0.15) is 5.10 Å². The Hall–Kier alpha value is -3.07. The van der Waals surface area contributed by atoms with Gasteiger partial charge in [0, 0.05) is 51.2 Å². The Morgan fingerprint density at radius 2 is 2.00 bits per heavy atom. The molecule has 0 saturated carbocycles. The Balaban J connectivity index is 1.69. The molecule has 3 aromatic heterocycles. The first kappa shape index (κ1) is 16.4. The lowest BCUT2D eigenvalue weighted by Crippen LogP contribution is -2.48. The van der Waals surface area contributed by atoms with Crippen LogP contribution in [0.15, 0.2) is 30.7 Å². The first-order valence-corrected chi connectivity index (χ1v) is 8.41. The molecule has 134 valence electrons. The molecule has 9 nitrogen and oxygen atoms in total. The maximum absolute atomic E-state index is 10.9. The molecule has 26 heavy (non-hydrogen) atoms. The fourth-order valence-corrected chi connectivity index (χ4v) is 3.18. The highest BCUT2D eigenvalue weighted by Crippen LogP contribution is 2.27. The van der Waals surface area contributed by atoms with E-state index in [9.17, 15) is 4.79 Å². The fraction of sp³-hybridized carbons (Fsp3) is 0.353. The number of anilines is 1. The summed E-state index contributed by atoms with van der Waals surface area (Å²) < 4.78 is 1.74. The molecule has 1 fully saturated rings. The number of piperazine rings is 1. The van der Waals surface area contributed by atoms with Crippen LogP contribution < -0.4 is 4.90 Å². The molecule has 9 heteroatoms. The van der Waals surface area contributed by atoms with Crippen LogP contribution in [0.1, 0.15) is 0 Å². The number of pyridine rings is 1. The number of rotatable bonds is 4. The van der Waals surface area contributed by atoms with Crippen molar-refractivity contribution >= 4 is 22.8 Å². The molecule has 1 N–H and O–H groups in total. The van der Waals surface area contributed by atoms with E-state index in [0.717, 1.165) is 22.4 Å². The van der Waals surface area contributed by atoms with Crippen LogP contribution in [0.3, 0.4) is 0 Å². The second-order valence-corrected chi connectivity index (χ2v) is 6.27. The van der Waals surface area contributed by atoms with E-state index in [1.54, 1.807) is 23.3 Å². The normalized spacial score (nSPS) is 15.5.